The molecule has 18 heavy (non-hydrogen) atoms. The second-order valence-corrected chi connectivity index (χ2v) is 5.11. The van der Waals surface area contributed by atoms with Gasteiger partial charge in [-0.3, -0.25) is 0 Å². The second kappa shape index (κ2) is 8.68. The average molecular weight is 315 g/mol. The fourth-order valence-electron chi connectivity index (χ4n) is 1.66. The van der Waals surface area contributed by atoms with Crippen molar-refractivity contribution in [2.45, 2.75) is 32.3 Å². The third-order valence-corrected chi connectivity index (χ3v) is 4.00. The Bertz CT molecular complexity index is 316. The summed E-state index contributed by atoms with van der Waals surface area (Å²) in [6, 6.07) is 10.3. The van der Waals surface area contributed by atoms with Gasteiger partial charge in [0.15, 0.2) is 0 Å². The van der Waals surface area contributed by atoms with E-state index in [1.165, 1.54) is 12.0 Å². The first-order chi connectivity index (χ1) is 8.73. The molecule has 1 rings (SSSR count). The SMILES string of the molecule is CCCCOCCOC(C)(CBr)c1ccccc1. The Morgan fingerprint density at radius 1 is 1.11 bits per heavy atom. The van der Waals surface area contributed by atoms with Crippen molar-refractivity contribution < 1.29 is 9.47 Å². The molecule has 0 radical (unpaired) electrons. The van der Waals surface area contributed by atoms with Crippen LogP contribution in [0.1, 0.15) is 32.3 Å². The Balaban J connectivity index is 2.37. The maximum Gasteiger partial charge on any atom is 0.100 e. The van der Waals surface area contributed by atoms with Gasteiger partial charge in [0.2, 0.25) is 0 Å². The molecule has 1 aromatic carbocycles. The van der Waals surface area contributed by atoms with Crippen molar-refractivity contribution in [2.24, 2.45) is 0 Å². The summed E-state index contributed by atoms with van der Waals surface area (Å²) in [6.45, 7) is 6.38. The highest BCUT2D eigenvalue weighted by Gasteiger charge is 2.25. The first kappa shape index (κ1) is 15.7. The van der Waals surface area contributed by atoms with Crippen LogP contribution in [0.15, 0.2) is 30.3 Å². The monoisotopic (exact) mass is 314 g/mol. The summed E-state index contributed by atoms with van der Waals surface area (Å²) in [5.41, 5.74) is 0.908. The summed E-state index contributed by atoms with van der Waals surface area (Å²) < 4.78 is 11.5. The molecule has 0 N–H and O–H groups in total. The third kappa shape index (κ3) is 5.09. The van der Waals surface area contributed by atoms with Crippen molar-refractivity contribution >= 4 is 15.9 Å². The lowest BCUT2D eigenvalue weighted by molar-refractivity contribution is -0.0460. The molecule has 1 atom stereocenters. The zero-order chi connectivity index (χ0) is 13.3. The molecular formula is C15H23BrO2. The highest BCUT2D eigenvalue weighted by molar-refractivity contribution is 9.09. The summed E-state index contributed by atoms with van der Waals surface area (Å²) in [6.07, 6.45) is 2.29. The molecule has 0 bridgehead atoms. The number of hydrogen-bond acceptors (Lipinski definition) is 2. The van der Waals surface area contributed by atoms with Crippen molar-refractivity contribution in [3.8, 4) is 0 Å². The fourth-order valence-corrected chi connectivity index (χ4v) is 2.15. The number of hydrogen-bond donors (Lipinski definition) is 0. The molecule has 3 heteroatoms. The topological polar surface area (TPSA) is 18.5 Å². The Morgan fingerprint density at radius 2 is 1.83 bits per heavy atom. The van der Waals surface area contributed by atoms with Gasteiger partial charge in [-0.15, -0.1) is 0 Å². The normalized spacial score (nSPS) is 14.4. The molecule has 0 fully saturated rings. The van der Waals surface area contributed by atoms with Crippen LogP contribution < -0.4 is 0 Å². The number of benzene rings is 1. The zero-order valence-electron chi connectivity index (χ0n) is 11.3. The van der Waals surface area contributed by atoms with E-state index >= 15 is 0 Å². The highest BCUT2D eigenvalue weighted by Crippen LogP contribution is 2.27. The van der Waals surface area contributed by atoms with E-state index in [2.05, 4.69) is 41.9 Å². The van der Waals surface area contributed by atoms with Gasteiger partial charge in [-0.05, 0) is 18.9 Å². The molecule has 0 heterocycles. The number of halogens is 1. The van der Waals surface area contributed by atoms with E-state index in [1.54, 1.807) is 0 Å². The maximum atomic E-state index is 5.97. The third-order valence-electron chi connectivity index (χ3n) is 2.93. The molecule has 1 unspecified atom stereocenters. The number of alkyl halides is 1. The van der Waals surface area contributed by atoms with Crippen molar-refractivity contribution in [2.75, 3.05) is 25.2 Å². The minimum atomic E-state index is -0.282. The Morgan fingerprint density at radius 3 is 2.44 bits per heavy atom. The van der Waals surface area contributed by atoms with E-state index < -0.39 is 0 Å². The molecule has 0 aromatic heterocycles. The largest absolute Gasteiger partial charge is 0.379 e. The van der Waals surface area contributed by atoms with E-state index in [9.17, 15) is 0 Å². The fraction of sp³-hybridized carbons (Fsp3) is 0.600. The molecule has 0 aliphatic rings. The summed E-state index contributed by atoms with van der Waals surface area (Å²) in [7, 11) is 0. The van der Waals surface area contributed by atoms with Crippen LogP contribution in [0.5, 0.6) is 0 Å². The Labute approximate surface area is 119 Å². The summed E-state index contributed by atoms with van der Waals surface area (Å²) in [5.74, 6) is 0. The number of unbranched alkanes of at least 4 members (excludes halogenated alkanes) is 1. The van der Waals surface area contributed by atoms with Gasteiger partial charge in [0.1, 0.15) is 5.60 Å². The maximum absolute atomic E-state index is 5.97. The predicted octanol–water partition coefficient (Wildman–Crippen LogP) is 4.13. The van der Waals surface area contributed by atoms with Gasteiger partial charge in [-0.1, -0.05) is 59.6 Å². The van der Waals surface area contributed by atoms with Crippen LogP contribution in [0, 0.1) is 0 Å². The molecule has 102 valence electrons. The van der Waals surface area contributed by atoms with Crippen molar-refractivity contribution in [1.29, 1.82) is 0 Å². The molecule has 0 aliphatic heterocycles. The van der Waals surface area contributed by atoms with Crippen LogP contribution >= 0.6 is 15.9 Å². The van der Waals surface area contributed by atoms with Crippen LogP contribution in [-0.4, -0.2) is 25.2 Å². The van der Waals surface area contributed by atoms with Crippen LogP contribution in [0.4, 0.5) is 0 Å². The van der Waals surface area contributed by atoms with E-state index in [-0.39, 0.29) is 5.60 Å². The molecule has 0 amide bonds. The van der Waals surface area contributed by atoms with Crippen LogP contribution in [0.25, 0.3) is 0 Å². The van der Waals surface area contributed by atoms with Crippen molar-refractivity contribution in [1.82, 2.24) is 0 Å². The van der Waals surface area contributed by atoms with Crippen LogP contribution in [-0.2, 0) is 15.1 Å². The molecule has 2 nitrogen and oxygen atoms in total. The van der Waals surface area contributed by atoms with E-state index in [4.69, 9.17) is 9.47 Å². The minimum Gasteiger partial charge on any atom is -0.379 e. The van der Waals surface area contributed by atoms with Gasteiger partial charge in [0.25, 0.3) is 0 Å². The van der Waals surface area contributed by atoms with Crippen LogP contribution in [0.3, 0.4) is 0 Å². The summed E-state index contributed by atoms with van der Waals surface area (Å²) >= 11 is 3.54. The standard InChI is InChI=1S/C15H23BrO2/c1-3-4-10-17-11-12-18-15(2,13-16)14-8-6-5-7-9-14/h5-9H,3-4,10-13H2,1-2H3. The molecule has 0 aliphatic carbocycles. The summed E-state index contributed by atoms with van der Waals surface area (Å²) in [4.78, 5) is 0. The van der Waals surface area contributed by atoms with E-state index in [0.717, 1.165) is 18.4 Å². The van der Waals surface area contributed by atoms with Crippen LogP contribution in [0.2, 0.25) is 0 Å². The molecule has 1 aromatic rings. The van der Waals surface area contributed by atoms with Gasteiger partial charge < -0.3 is 9.47 Å². The van der Waals surface area contributed by atoms with Crippen molar-refractivity contribution in [3.63, 3.8) is 0 Å². The van der Waals surface area contributed by atoms with Gasteiger partial charge >= 0.3 is 0 Å². The average Bonchev–Trinajstić information content (AvgIpc) is 2.43. The first-order valence-corrected chi connectivity index (χ1v) is 7.68. The van der Waals surface area contributed by atoms with Gasteiger partial charge in [0.05, 0.1) is 13.2 Å². The Kier molecular flexibility index (Phi) is 7.56. The lowest BCUT2D eigenvalue weighted by Gasteiger charge is -2.28. The molecule has 0 saturated heterocycles. The van der Waals surface area contributed by atoms with E-state index in [0.29, 0.717) is 13.2 Å². The Hall–Kier alpha value is -0.380. The minimum absolute atomic E-state index is 0.282. The first-order valence-electron chi connectivity index (χ1n) is 6.56. The molecule has 0 spiro atoms. The smallest absolute Gasteiger partial charge is 0.100 e. The predicted molar refractivity (Wildman–Crippen MR) is 79.3 cm³/mol. The zero-order valence-corrected chi connectivity index (χ0v) is 12.9. The highest BCUT2D eigenvalue weighted by atomic mass is 79.9. The van der Waals surface area contributed by atoms with E-state index in [1.807, 2.05) is 18.2 Å². The lowest BCUT2D eigenvalue weighted by Crippen LogP contribution is -2.29. The second-order valence-electron chi connectivity index (χ2n) is 4.54. The number of rotatable bonds is 9. The quantitative estimate of drug-likeness (QED) is 0.504. The van der Waals surface area contributed by atoms with Gasteiger partial charge in [0, 0.05) is 11.9 Å². The van der Waals surface area contributed by atoms with Gasteiger partial charge in [-0.2, -0.15) is 0 Å². The van der Waals surface area contributed by atoms with Crippen molar-refractivity contribution in [3.05, 3.63) is 35.9 Å². The summed E-state index contributed by atoms with van der Waals surface area (Å²) in [5, 5.41) is 0.777. The number of ether oxygens (including phenoxy) is 2. The lowest BCUT2D eigenvalue weighted by atomic mass is 9.98. The van der Waals surface area contributed by atoms with Gasteiger partial charge in [-0.25, -0.2) is 0 Å². The molecule has 0 saturated carbocycles. The molecular weight excluding hydrogens is 292 g/mol.